The van der Waals surface area contributed by atoms with Crippen LogP contribution in [0.2, 0.25) is 0 Å². The maximum absolute atomic E-state index is 13.5. The summed E-state index contributed by atoms with van der Waals surface area (Å²) in [5.74, 6) is -0.0410. The summed E-state index contributed by atoms with van der Waals surface area (Å²) in [5, 5.41) is 8.76. The fraction of sp³-hybridized carbons (Fsp3) is 0.517. The normalized spacial score (nSPS) is 15.0. The maximum Gasteiger partial charge on any atom is 0.303 e. The van der Waals surface area contributed by atoms with Crippen molar-refractivity contribution in [2.45, 2.75) is 70.6 Å². The summed E-state index contributed by atoms with van der Waals surface area (Å²) >= 11 is 0. The van der Waals surface area contributed by atoms with Gasteiger partial charge < -0.3 is 24.2 Å². The Balaban J connectivity index is 1.67. The molecule has 1 heterocycles. The standard InChI is InChI=1S/C29H39NO6/c1-22(2)30(21-24-9-6-7-10-26(24)36-18-8-4-5-11-27(31)32)28(33)23-12-14-25(15-13-23)29(34-3)16-19-35-20-17-29/h6-7,9-10,12-15,22H,4-5,8,11,16-21H2,1-3H3,(H,31,32). The molecule has 2 aromatic rings. The van der Waals surface area contributed by atoms with Gasteiger partial charge in [-0.05, 0) is 56.9 Å². The van der Waals surface area contributed by atoms with Gasteiger partial charge in [-0.25, -0.2) is 0 Å². The highest BCUT2D eigenvalue weighted by atomic mass is 16.5. The van der Waals surface area contributed by atoms with E-state index in [0.717, 1.165) is 42.6 Å². The first kappa shape index (κ1) is 27.7. The SMILES string of the molecule is COC1(c2ccc(C(=O)N(Cc3ccccc3OCCCCCC(=O)O)C(C)C)cc2)CCOCC1. The van der Waals surface area contributed by atoms with Gasteiger partial charge in [0.25, 0.3) is 5.91 Å². The smallest absolute Gasteiger partial charge is 0.303 e. The van der Waals surface area contributed by atoms with Crippen molar-refractivity contribution in [3.8, 4) is 5.75 Å². The van der Waals surface area contributed by atoms with Crippen LogP contribution in [0.25, 0.3) is 0 Å². The molecule has 1 N–H and O–H groups in total. The highest BCUT2D eigenvalue weighted by molar-refractivity contribution is 5.94. The first-order valence-corrected chi connectivity index (χ1v) is 12.8. The van der Waals surface area contributed by atoms with Gasteiger partial charge in [0.05, 0.1) is 12.2 Å². The van der Waals surface area contributed by atoms with E-state index >= 15 is 0 Å². The molecule has 0 bridgehead atoms. The summed E-state index contributed by atoms with van der Waals surface area (Å²) in [7, 11) is 1.74. The molecule has 7 heteroatoms. The van der Waals surface area contributed by atoms with Crippen LogP contribution in [0.3, 0.4) is 0 Å². The second kappa shape index (κ2) is 13.4. The molecule has 0 spiro atoms. The van der Waals surface area contributed by atoms with E-state index in [2.05, 4.69) is 0 Å². The monoisotopic (exact) mass is 497 g/mol. The number of hydrogen-bond donors (Lipinski definition) is 1. The minimum Gasteiger partial charge on any atom is -0.493 e. The molecule has 0 saturated carbocycles. The number of para-hydroxylation sites is 1. The third-order valence-electron chi connectivity index (χ3n) is 6.84. The minimum absolute atomic E-state index is 0.00191. The van der Waals surface area contributed by atoms with Gasteiger partial charge in [0, 0.05) is 63.3 Å². The first-order chi connectivity index (χ1) is 17.4. The number of nitrogens with zero attached hydrogens (tertiary/aromatic N) is 1. The second-order valence-corrected chi connectivity index (χ2v) is 9.58. The molecule has 36 heavy (non-hydrogen) atoms. The van der Waals surface area contributed by atoms with Crippen LogP contribution in [0.4, 0.5) is 0 Å². The molecule has 1 aliphatic rings. The highest BCUT2D eigenvalue weighted by Crippen LogP contribution is 2.35. The van der Waals surface area contributed by atoms with E-state index in [9.17, 15) is 9.59 Å². The van der Waals surface area contributed by atoms with Crippen LogP contribution in [0.1, 0.15) is 73.9 Å². The van der Waals surface area contributed by atoms with Crippen molar-refractivity contribution in [1.29, 1.82) is 0 Å². The van der Waals surface area contributed by atoms with Crippen molar-refractivity contribution >= 4 is 11.9 Å². The Labute approximate surface area is 214 Å². The lowest BCUT2D eigenvalue weighted by atomic mass is 9.85. The summed E-state index contributed by atoms with van der Waals surface area (Å²) < 4.78 is 17.4. The molecule has 0 aromatic heterocycles. The number of hydrogen-bond acceptors (Lipinski definition) is 5. The van der Waals surface area contributed by atoms with Crippen LogP contribution in [-0.2, 0) is 26.4 Å². The molecular formula is C29H39NO6. The fourth-order valence-electron chi connectivity index (χ4n) is 4.58. The summed E-state index contributed by atoms with van der Waals surface area (Å²) in [6.45, 7) is 6.31. The second-order valence-electron chi connectivity index (χ2n) is 9.58. The van der Waals surface area contributed by atoms with Gasteiger partial charge in [-0.15, -0.1) is 0 Å². The molecule has 0 radical (unpaired) electrons. The zero-order valence-corrected chi connectivity index (χ0v) is 21.7. The maximum atomic E-state index is 13.5. The number of carbonyl (C=O) groups excluding carboxylic acids is 1. The Morgan fingerprint density at radius 2 is 1.72 bits per heavy atom. The van der Waals surface area contributed by atoms with Crippen LogP contribution in [0.5, 0.6) is 5.75 Å². The molecular weight excluding hydrogens is 458 g/mol. The molecule has 1 saturated heterocycles. The lowest BCUT2D eigenvalue weighted by Gasteiger charge is -2.36. The molecule has 0 aliphatic carbocycles. The molecule has 7 nitrogen and oxygen atoms in total. The van der Waals surface area contributed by atoms with E-state index in [1.54, 1.807) is 7.11 Å². The number of carbonyl (C=O) groups is 2. The Kier molecular flexibility index (Phi) is 10.3. The summed E-state index contributed by atoms with van der Waals surface area (Å²) in [4.78, 5) is 26.0. The average Bonchev–Trinajstić information content (AvgIpc) is 2.89. The van der Waals surface area contributed by atoms with E-state index in [1.807, 2.05) is 67.3 Å². The molecule has 1 amide bonds. The number of ether oxygens (including phenoxy) is 3. The predicted molar refractivity (Wildman–Crippen MR) is 138 cm³/mol. The van der Waals surface area contributed by atoms with Crippen molar-refractivity contribution in [2.75, 3.05) is 26.9 Å². The van der Waals surface area contributed by atoms with Gasteiger partial charge in [-0.2, -0.15) is 0 Å². The minimum atomic E-state index is -0.767. The zero-order valence-electron chi connectivity index (χ0n) is 21.7. The van der Waals surface area contributed by atoms with Crippen molar-refractivity contribution in [3.63, 3.8) is 0 Å². The van der Waals surface area contributed by atoms with Crippen LogP contribution in [0.15, 0.2) is 48.5 Å². The fourth-order valence-corrected chi connectivity index (χ4v) is 4.58. The van der Waals surface area contributed by atoms with E-state index < -0.39 is 5.97 Å². The third kappa shape index (κ3) is 7.31. The molecule has 2 aromatic carbocycles. The van der Waals surface area contributed by atoms with Gasteiger partial charge in [0.15, 0.2) is 0 Å². The summed E-state index contributed by atoms with van der Waals surface area (Å²) in [6, 6.07) is 15.6. The lowest BCUT2D eigenvalue weighted by Crippen LogP contribution is -2.37. The van der Waals surface area contributed by atoms with Crippen molar-refractivity contribution < 1.29 is 28.9 Å². The van der Waals surface area contributed by atoms with Crippen molar-refractivity contribution in [3.05, 3.63) is 65.2 Å². The van der Waals surface area contributed by atoms with Crippen molar-refractivity contribution in [1.82, 2.24) is 4.90 Å². The van der Waals surface area contributed by atoms with Crippen LogP contribution in [0, 0.1) is 0 Å². The van der Waals surface area contributed by atoms with E-state index in [-0.39, 0.29) is 24.0 Å². The average molecular weight is 498 g/mol. The van der Waals surface area contributed by atoms with E-state index in [1.165, 1.54) is 0 Å². The highest BCUT2D eigenvalue weighted by Gasteiger charge is 2.34. The molecule has 1 aliphatic heterocycles. The summed E-state index contributed by atoms with van der Waals surface area (Å²) in [5.41, 5.74) is 2.30. The van der Waals surface area contributed by atoms with Crippen LogP contribution in [-0.4, -0.2) is 54.9 Å². The number of aliphatic carboxylic acids is 1. The number of unbranched alkanes of at least 4 members (excludes halogenated alkanes) is 2. The zero-order chi connectivity index (χ0) is 26.0. The Morgan fingerprint density at radius 3 is 2.36 bits per heavy atom. The molecule has 0 atom stereocenters. The Bertz CT molecular complexity index is 982. The number of benzene rings is 2. The quantitative estimate of drug-likeness (QED) is 0.372. The third-order valence-corrected chi connectivity index (χ3v) is 6.84. The topological polar surface area (TPSA) is 85.3 Å². The van der Waals surface area contributed by atoms with Crippen molar-refractivity contribution in [2.24, 2.45) is 0 Å². The number of carboxylic acids is 1. The molecule has 3 rings (SSSR count). The van der Waals surface area contributed by atoms with Crippen LogP contribution < -0.4 is 4.74 Å². The summed E-state index contributed by atoms with van der Waals surface area (Å²) in [6.07, 6.45) is 4.02. The van der Waals surface area contributed by atoms with Gasteiger partial charge in [0.2, 0.25) is 0 Å². The first-order valence-electron chi connectivity index (χ1n) is 12.8. The van der Waals surface area contributed by atoms with E-state index in [0.29, 0.717) is 38.3 Å². The molecule has 1 fully saturated rings. The van der Waals surface area contributed by atoms with Gasteiger partial charge in [-0.1, -0.05) is 30.3 Å². The van der Waals surface area contributed by atoms with E-state index in [4.69, 9.17) is 19.3 Å². The number of carboxylic acid groups (broad SMARTS) is 1. The van der Waals surface area contributed by atoms with Gasteiger partial charge >= 0.3 is 5.97 Å². The number of rotatable bonds is 13. The largest absolute Gasteiger partial charge is 0.493 e. The molecule has 0 unspecified atom stereocenters. The number of methoxy groups -OCH3 is 1. The van der Waals surface area contributed by atoms with Gasteiger partial charge in [-0.3, -0.25) is 9.59 Å². The van der Waals surface area contributed by atoms with Gasteiger partial charge in [0.1, 0.15) is 5.75 Å². The lowest BCUT2D eigenvalue weighted by molar-refractivity contribution is -0.137. The number of amides is 1. The molecule has 196 valence electrons. The van der Waals surface area contributed by atoms with Crippen LogP contribution >= 0.6 is 0 Å². The predicted octanol–water partition coefficient (Wildman–Crippen LogP) is 5.41. The Morgan fingerprint density at radius 1 is 1.03 bits per heavy atom. The Hall–Kier alpha value is -2.90.